The molecule has 0 aliphatic heterocycles. The number of halogens is 2. The molecule has 132 valence electrons. The molecule has 2 rings (SSSR count). The lowest BCUT2D eigenvalue weighted by Gasteiger charge is -2.16. The number of hydrogen-bond acceptors (Lipinski definition) is 2. The minimum absolute atomic E-state index is 0.259. The topological polar surface area (TPSA) is 58.2 Å². The molecule has 0 saturated carbocycles. The van der Waals surface area contributed by atoms with Gasteiger partial charge < -0.3 is 10.6 Å². The van der Waals surface area contributed by atoms with Crippen molar-refractivity contribution in [3.8, 4) is 0 Å². The second-order valence-electron chi connectivity index (χ2n) is 6.09. The van der Waals surface area contributed by atoms with E-state index in [2.05, 4.69) is 24.5 Å². The average Bonchev–Trinajstić information content (AvgIpc) is 2.52. The second-order valence-corrected chi connectivity index (χ2v) is 6.93. The van der Waals surface area contributed by atoms with Crippen molar-refractivity contribution in [3.05, 3.63) is 57.6 Å². The van der Waals surface area contributed by atoms with Crippen LogP contribution in [0.5, 0.6) is 0 Å². The molecule has 0 unspecified atom stereocenters. The minimum atomic E-state index is -0.457. The molecule has 25 heavy (non-hydrogen) atoms. The second kappa shape index (κ2) is 8.37. The summed E-state index contributed by atoms with van der Waals surface area (Å²) in [6.45, 7) is 6.03. The lowest BCUT2D eigenvalue weighted by molar-refractivity contribution is -0.123. The number of carbonyl (C=O) groups excluding carboxylic acids is 2. The highest BCUT2D eigenvalue weighted by Crippen LogP contribution is 2.28. The van der Waals surface area contributed by atoms with Gasteiger partial charge in [-0.05, 0) is 42.2 Å². The van der Waals surface area contributed by atoms with Crippen LogP contribution in [-0.2, 0) is 9.59 Å². The van der Waals surface area contributed by atoms with E-state index in [-0.39, 0.29) is 18.2 Å². The van der Waals surface area contributed by atoms with Crippen LogP contribution in [-0.4, -0.2) is 11.8 Å². The largest absolute Gasteiger partial charge is 0.325 e. The van der Waals surface area contributed by atoms with Gasteiger partial charge in [0.1, 0.15) is 6.42 Å². The Morgan fingerprint density at radius 2 is 1.72 bits per heavy atom. The number of rotatable bonds is 5. The highest BCUT2D eigenvalue weighted by atomic mass is 35.5. The fourth-order valence-corrected chi connectivity index (χ4v) is 2.80. The van der Waals surface area contributed by atoms with E-state index in [1.807, 2.05) is 25.1 Å². The first-order valence-corrected chi connectivity index (χ1v) is 8.67. The first-order valence-electron chi connectivity index (χ1n) is 7.92. The number of benzene rings is 2. The Hall–Kier alpha value is -2.04. The van der Waals surface area contributed by atoms with E-state index in [0.717, 1.165) is 16.8 Å². The van der Waals surface area contributed by atoms with Gasteiger partial charge in [-0.1, -0.05) is 55.2 Å². The van der Waals surface area contributed by atoms with Crippen molar-refractivity contribution in [2.75, 3.05) is 10.6 Å². The Kier molecular flexibility index (Phi) is 6.45. The lowest BCUT2D eigenvalue weighted by atomic mass is 9.98. The Morgan fingerprint density at radius 1 is 1.04 bits per heavy atom. The minimum Gasteiger partial charge on any atom is -0.325 e. The summed E-state index contributed by atoms with van der Waals surface area (Å²) in [5, 5.41) is 6.26. The number of nitrogens with one attached hydrogen (secondary N) is 2. The van der Waals surface area contributed by atoms with E-state index >= 15 is 0 Å². The van der Waals surface area contributed by atoms with Crippen LogP contribution < -0.4 is 10.6 Å². The van der Waals surface area contributed by atoms with Crippen molar-refractivity contribution >= 4 is 46.4 Å². The summed E-state index contributed by atoms with van der Waals surface area (Å²) < 4.78 is 0. The quantitative estimate of drug-likeness (QED) is 0.684. The van der Waals surface area contributed by atoms with Crippen LogP contribution in [0.1, 0.15) is 37.3 Å². The number of aryl methyl sites for hydroxylation is 1. The summed E-state index contributed by atoms with van der Waals surface area (Å²) in [4.78, 5) is 24.4. The molecule has 2 aromatic rings. The van der Waals surface area contributed by atoms with Crippen LogP contribution in [0.4, 0.5) is 11.4 Å². The van der Waals surface area contributed by atoms with Gasteiger partial charge in [-0.15, -0.1) is 0 Å². The smallest absolute Gasteiger partial charge is 0.233 e. The van der Waals surface area contributed by atoms with Gasteiger partial charge in [-0.3, -0.25) is 9.59 Å². The Balaban J connectivity index is 2.06. The number of amides is 2. The molecular formula is C19H20Cl2N2O2. The molecule has 0 aliphatic carbocycles. The molecule has 2 N–H and O–H groups in total. The monoisotopic (exact) mass is 378 g/mol. The first kappa shape index (κ1) is 19.3. The van der Waals surface area contributed by atoms with Gasteiger partial charge in [-0.25, -0.2) is 0 Å². The molecule has 0 heterocycles. The van der Waals surface area contributed by atoms with Gasteiger partial charge in [0.15, 0.2) is 0 Å². The SMILES string of the molecule is Cc1cccc(C(C)C)c1NC(=O)CC(=O)Nc1cc(Cl)ccc1Cl. The van der Waals surface area contributed by atoms with Crippen molar-refractivity contribution in [3.63, 3.8) is 0 Å². The molecule has 4 nitrogen and oxygen atoms in total. The molecule has 0 aliphatic rings. The number of hydrogen-bond donors (Lipinski definition) is 2. The third kappa shape index (κ3) is 5.21. The summed E-state index contributed by atoms with van der Waals surface area (Å²) in [5.74, 6) is -0.581. The molecule has 0 bridgehead atoms. The van der Waals surface area contributed by atoms with Crippen LogP contribution in [0.15, 0.2) is 36.4 Å². The molecule has 0 radical (unpaired) electrons. The van der Waals surface area contributed by atoms with Crippen molar-refractivity contribution in [2.24, 2.45) is 0 Å². The van der Waals surface area contributed by atoms with Crippen LogP contribution >= 0.6 is 23.2 Å². The van der Waals surface area contributed by atoms with Crippen molar-refractivity contribution in [1.82, 2.24) is 0 Å². The molecule has 2 aromatic carbocycles. The molecule has 0 aromatic heterocycles. The van der Waals surface area contributed by atoms with E-state index in [0.29, 0.717) is 15.7 Å². The van der Waals surface area contributed by atoms with Crippen LogP contribution in [0.2, 0.25) is 10.0 Å². The zero-order valence-corrected chi connectivity index (χ0v) is 15.8. The fourth-order valence-electron chi connectivity index (χ4n) is 2.46. The van der Waals surface area contributed by atoms with Crippen molar-refractivity contribution < 1.29 is 9.59 Å². The van der Waals surface area contributed by atoms with Gasteiger partial charge in [0.25, 0.3) is 0 Å². The zero-order chi connectivity index (χ0) is 18.6. The Labute approximate surface area is 157 Å². The molecule has 0 fully saturated rings. The molecule has 0 spiro atoms. The van der Waals surface area contributed by atoms with Gasteiger partial charge in [0.05, 0.1) is 10.7 Å². The number of anilines is 2. The Bertz CT molecular complexity index is 804. The highest BCUT2D eigenvalue weighted by molar-refractivity contribution is 6.35. The molecule has 0 atom stereocenters. The summed E-state index contributed by atoms with van der Waals surface area (Å²) in [6, 6.07) is 10.6. The third-order valence-electron chi connectivity index (χ3n) is 3.72. The predicted molar refractivity (Wildman–Crippen MR) is 104 cm³/mol. The zero-order valence-electron chi connectivity index (χ0n) is 14.3. The van der Waals surface area contributed by atoms with Gasteiger partial charge >= 0.3 is 0 Å². The first-order chi connectivity index (χ1) is 11.8. The van der Waals surface area contributed by atoms with E-state index in [1.54, 1.807) is 12.1 Å². The molecule has 6 heteroatoms. The van der Waals surface area contributed by atoms with Crippen LogP contribution in [0.25, 0.3) is 0 Å². The summed E-state index contributed by atoms with van der Waals surface area (Å²) in [6.07, 6.45) is -0.311. The van der Waals surface area contributed by atoms with Gasteiger partial charge in [0.2, 0.25) is 11.8 Å². The maximum Gasteiger partial charge on any atom is 0.233 e. The third-order valence-corrected chi connectivity index (χ3v) is 4.28. The van der Waals surface area contributed by atoms with E-state index in [9.17, 15) is 9.59 Å². The standard InChI is InChI=1S/C19H20Cl2N2O2/c1-11(2)14-6-4-5-12(3)19(14)23-18(25)10-17(24)22-16-9-13(20)7-8-15(16)21/h4-9,11H,10H2,1-3H3,(H,22,24)(H,23,25). The van der Waals surface area contributed by atoms with Crippen LogP contribution in [0.3, 0.4) is 0 Å². The Morgan fingerprint density at radius 3 is 2.40 bits per heavy atom. The number of carbonyl (C=O) groups is 2. The molecule has 2 amide bonds. The van der Waals surface area contributed by atoms with Crippen molar-refractivity contribution in [2.45, 2.75) is 33.1 Å². The summed E-state index contributed by atoms with van der Waals surface area (Å²) in [7, 11) is 0. The van der Waals surface area contributed by atoms with E-state index in [1.165, 1.54) is 6.07 Å². The number of para-hydroxylation sites is 1. The predicted octanol–water partition coefficient (Wildman–Crippen LogP) is 5.39. The molecular weight excluding hydrogens is 359 g/mol. The van der Waals surface area contributed by atoms with Gasteiger partial charge in [0, 0.05) is 10.7 Å². The maximum absolute atomic E-state index is 12.3. The molecule has 0 saturated heterocycles. The summed E-state index contributed by atoms with van der Waals surface area (Å²) in [5.41, 5.74) is 3.13. The fraction of sp³-hybridized carbons (Fsp3) is 0.263. The highest BCUT2D eigenvalue weighted by Gasteiger charge is 2.15. The van der Waals surface area contributed by atoms with Crippen LogP contribution in [0, 0.1) is 6.92 Å². The maximum atomic E-state index is 12.3. The summed E-state index contributed by atoms with van der Waals surface area (Å²) >= 11 is 11.9. The normalized spacial score (nSPS) is 10.6. The van der Waals surface area contributed by atoms with E-state index < -0.39 is 5.91 Å². The lowest BCUT2D eigenvalue weighted by Crippen LogP contribution is -2.22. The van der Waals surface area contributed by atoms with Gasteiger partial charge in [-0.2, -0.15) is 0 Å². The average molecular weight is 379 g/mol. The van der Waals surface area contributed by atoms with Crippen molar-refractivity contribution in [1.29, 1.82) is 0 Å². The van der Waals surface area contributed by atoms with E-state index in [4.69, 9.17) is 23.2 Å².